The molecular weight excluding hydrogens is 307 g/mol. The molecule has 0 spiro atoms. The molecule has 1 saturated carbocycles. The fourth-order valence-electron chi connectivity index (χ4n) is 3.94. The van der Waals surface area contributed by atoms with Gasteiger partial charge in [-0.15, -0.1) is 0 Å². The molecule has 0 bridgehead atoms. The van der Waals surface area contributed by atoms with Crippen LogP contribution in [0.5, 0.6) is 0 Å². The number of azide groups is 1. The molecule has 1 fully saturated rings. The van der Waals surface area contributed by atoms with Crippen LogP contribution in [0, 0.1) is 5.82 Å². The van der Waals surface area contributed by atoms with Gasteiger partial charge >= 0.3 is 0 Å². The minimum atomic E-state index is -0.751. The van der Waals surface area contributed by atoms with Crippen LogP contribution in [0.25, 0.3) is 32.2 Å². The van der Waals surface area contributed by atoms with Crippen LogP contribution in [0.15, 0.2) is 47.6 Å². The Morgan fingerprint density at radius 2 is 1.92 bits per heavy atom. The Morgan fingerprint density at radius 1 is 1.12 bits per heavy atom. The van der Waals surface area contributed by atoms with Gasteiger partial charge in [0.2, 0.25) is 0 Å². The first-order valence-corrected chi connectivity index (χ1v) is 8.11. The molecule has 3 atom stereocenters. The lowest BCUT2D eigenvalue weighted by Gasteiger charge is -2.34. The van der Waals surface area contributed by atoms with Crippen molar-refractivity contribution in [2.45, 2.75) is 37.5 Å². The van der Waals surface area contributed by atoms with E-state index in [4.69, 9.17) is 5.53 Å². The van der Waals surface area contributed by atoms with Gasteiger partial charge in [0.1, 0.15) is 5.82 Å². The summed E-state index contributed by atoms with van der Waals surface area (Å²) >= 11 is 0. The molecule has 1 heterocycles. The smallest absolute Gasteiger partial charge is 0.123 e. The fourth-order valence-corrected chi connectivity index (χ4v) is 3.94. The molecule has 1 aliphatic carbocycles. The van der Waals surface area contributed by atoms with Gasteiger partial charge in [0.25, 0.3) is 0 Å². The average Bonchev–Trinajstić information content (AvgIpc) is 2.91. The van der Waals surface area contributed by atoms with E-state index in [-0.39, 0.29) is 11.9 Å². The number of rotatable bonds is 2. The van der Waals surface area contributed by atoms with Gasteiger partial charge in [0.05, 0.1) is 18.2 Å². The molecule has 4 rings (SSSR count). The predicted molar refractivity (Wildman–Crippen MR) is 91.2 cm³/mol. The summed E-state index contributed by atoms with van der Waals surface area (Å²) in [6.45, 7) is 0. The lowest BCUT2D eigenvalue weighted by Crippen LogP contribution is -2.37. The summed E-state index contributed by atoms with van der Waals surface area (Å²) in [5.41, 5.74) is 10.6. The van der Waals surface area contributed by atoms with Crippen molar-refractivity contribution in [1.82, 2.24) is 4.57 Å². The first-order chi connectivity index (χ1) is 11.7. The van der Waals surface area contributed by atoms with Gasteiger partial charge in [-0.2, -0.15) is 0 Å². The van der Waals surface area contributed by atoms with Gasteiger partial charge in [-0.25, -0.2) is 4.39 Å². The summed E-state index contributed by atoms with van der Waals surface area (Å²) in [7, 11) is 0. The Hall–Kier alpha value is -2.56. The fraction of sp³-hybridized carbons (Fsp3) is 0.333. The number of nitrogens with zero attached hydrogens (tertiary/aromatic N) is 4. The minimum Gasteiger partial charge on any atom is -0.391 e. The molecule has 1 N–H and O–H groups in total. The largest absolute Gasteiger partial charge is 0.391 e. The van der Waals surface area contributed by atoms with Crippen molar-refractivity contribution >= 4 is 21.8 Å². The topological polar surface area (TPSA) is 73.9 Å². The van der Waals surface area contributed by atoms with E-state index in [9.17, 15) is 9.50 Å². The van der Waals surface area contributed by atoms with E-state index in [1.54, 1.807) is 6.07 Å². The minimum absolute atomic E-state index is 0.192. The summed E-state index contributed by atoms with van der Waals surface area (Å²) in [4.78, 5) is 2.87. The zero-order valence-corrected chi connectivity index (χ0v) is 13.0. The van der Waals surface area contributed by atoms with Crippen LogP contribution in [0.4, 0.5) is 4.39 Å². The van der Waals surface area contributed by atoms with E-state index in [1.807, 2.05) is 24.3 Å². The first kappa shape index (κ1) is 15.0. The number of aliphatic hydroxyl groups excluding tert-OH is 1. The van der Waals surface area contributed by atoms with E-state index < -0.39 is 12.1 Å². The highest BCUT2D eigenvalue weighted by Gasteiger charge is 2.33. The molecule has 0 aliphatic heterocycles. The van der Waals surface area contributed by atoms with Gasteiger partial charge in [0.15, 0.2) is 0 Å². The number of benzene rings is 2. The van der Waals surface area contributed by atoms with Gasteiger partial charge in [-0.3, -0.25) is 0 Å². The summed E-state index contributed by atoms with van der Waals surface area (Å²) in [6, 6.07) is 11.9. The second-order valence-corrected chi connectivity index (χ2v) is 6.31. The van der Waals surface area contributed by atoms with Crippen molar-refractivity contribution in [1.29, 1.82) is 0 Å². The molecule has 0 saturated heterocycles. The Bertz CT molecular complexity index is 960. The lowest BCUT2D eigenvalue weighted by molar-refractivity contribution is 0.0608. The molecule has 1 aromatic heterocycles. The van der Waals surface area contributed by atoms with Crippen LogP contribution in [0.1, 0.15) is 25.3 Å². The molecule has 1 unspecified atom stereocenters. The number of hydrogen-bond acceptors (Lipinski definition) is 2. The van der Waals surface area contributed by atoms with Gasteiger partial charge < -0.3 is 9.67 Å². The van der Waals surface area contributed by atoms with Crippen molar-refractivity contribution < 1.29 is 9.50 Å². The molecule has 122 valence electrons. The highest BCUT2D eigenvalue weighted by atomic mass is 19.1. The molecule has 3 aromatic rings. The zero-order chi connectivity index (χ0) is 16.7. The number of hydrogen-bond donors (Lipinski definition) is 1. The van der Waals surface area contributed by atoms with Crippen molar-refractivity contribution in [3.05, 3.63) is 58.7 Å². The van der Waals surface area contributed by atoms with Crippen LogP contribution < -0.4 is 0 Å². The molecule has 1 aliphatic rings. The van der Waals surface area contributed by atoms with Crippen molar-refractivity contribution in [2.24, 2.45) is 5.11 Å². The van der Waals surface area contributed by atoms with Gasteiger partial charge in [-0.1, -0.05) is 29.7 Å². The maximum absolute atomic E-state index is 13.7. The molecule has 6 heteroatoms. The molecule has 5 nitrogen and oxygen atoms in total. The van der Waals surface area contributed by atoms with E-state index >= 15 is 0 Å². The quantitative estimate of drug-likeness (QED) is 0.414. The van der Waals surface area contributed by atoms with E-state index in [0.29, 0.717) is 6.42 Å². The van der Waals surface area contributed by atoms with Gasteiger partial charge in [0, 0.05) is 26.7 Å². The number of para-hydroxylation sites is 1. The SMILES string of the molecule is [N-]=[N+]=NC1CCC[C@@H](n2c3ccccc3c3cc(F)ccc32)[C@@H]1O. The first-order valence-electron chi connectivity index (χ1n) is 8.11. The summed E-state index contributed by atoms with van der Waals surface area (Å²) in [5, 5.41) is 16.3. The monoisotopic (exact) mass is 324 g/mol. The van der Waals surface area contributed by atoms with Crippen LogP contribution in [-0.2, 0) is 0 Å². The summed E-state index contributed by atoms with van der Waals surface area (Å²) in [6.07, 6.45) is 1.61. The molecular formula is C18H17FN4O. The van der Waals surface area contributed by atoms with Crippen LogP contribution in [0.2, 0.25) is 0 Å². The molecule has 0 radical (unpaired) electrons. The van der Waals surface area contributed by atoms with Gasteiger partial charge in [-0.05, 0) is 42.6 Å². The van der Waals surface area contributed by atoms with E-state index in [2.05, 4.69) is 14.6 Å². The maximum atomic E-state index is 13.7. The normalized spacial score (nSPS) is 24.2. The Labute approximate surface area is 137 Å². The second-order valence-electron chi connectivity index (χ2n) is 6.31. The highest BCUT2D eigenvalue weighted by Crippen LogP contribution is 2.38. The number of aliphatic hydroxyl groups is 1. The zero-order valence-electron chi connectivity index (χ0n) is 13.0. The maximum Gasteiger partial charge on any atom is 0.123 e. The lowest BCUT2D eigenvalue weighted by atomic mass is 9.88. The highest BCUT2D eigenvalue weighted by molar-refractivity contribution is 6.08. The Balaban J connectivity index is 1.96. The number of halogens is 1. The van der Waals surface area contributed by atoms with Crippen molar-refractivity contribution in [3.63, 3.8) is 0 Å². The number of fused-ring (bicyclic) bond motifs is 3. The van der Waals surface area contributed by atoms with E-state index in [1.165, 1.54) is 12.1 Å². The van der Waals surface area contributed by atoms with E-state index in [0.717, 1.165) is 34.6 Å². The third-order valence-electron chi connectivity index (χ3n) is 4.99. The third-order valence-corrected chi connectivity index (χ3v) is 4.99. The molecule has 2 aromatic carbocycles. The molecule has 0 amide bonds. The van der Waals surface area contributed by atoms with Crippen molar-refractivity contribution in [2.75, 3.05) is 0 Å². The standard InChI is InChI=1S/C18H17FN4O/c19-11-8-9-16-13(10-11)12-4-1-2-6-15(12)23(16)17-7-3-5-14(18(17)24)21-22-20/h1-2,4,6,8-10,14,17-18,24H,3,5,7H2/t14?,17-,18-/m1/s1. The van der Waals surface area contributed by atoms with Crippen molar-refractivity contribution in [3.8, 4) is 0 Å². The van der Waals surface area contributed by atoms with Crippen LogP contribution >= 0.6 is 0 Å². The third kappa shape index (κ3) is 2.23. The Morgan fingerprint density at radius 3 is 2.75 bits per heavy atom. The average molecular weight is 324 g/mol. The number of aromatic nitrogens is 1. The predicted octanol–water partition coefficient (Wildman–Crippen LogP) is 4.70. The Kier molecular flexibility index (Phi) is 3.63. The second kappa shape index (κ2) is 5.82. The van der Waals surface area contributed by atoms with Crippen LogP contribution in [-0.4, -0.2) is 21.8 Å². The molecule has 24 heavy (non-hydrogen) atoms. The van der Waals surface area contributed by atoms with Crippen LogP contribution in [0.3, 0.4) is 0 Å². The summed E-state index contributed by atoms with van der Waals surface area (Å²) in [5.74, 6) is -0.276. The summed E-state index contributed by atoms with van der Waals surface area (Å²) < 4.78 is 15.8.